The van der Waals surface area contributed by atoms with Crippen molar-refractivity contribution < 1.29 is 4.79 Å². The minimum atomic E-state index is 0.103. The number of hydrogen-bond donors (Lipinski definition) is 1. The van der Waals surface area contributed by atoms with E-state index in [9.17, 15) is 4.79 Å². The summed E-state index contributed by atoms with van der Waals surface area (Å²) in [7, 11) is 0. The van der Waals surface area contributed by atoms with Gasteiger partial charge in [0.25, 0.3) is 5.91 Å². The summed E-state index contributed by atoms with van der Waals surface area (Å²) in [6.45, 7) is 3.67. The number of nitrogens with two attached hydrogens (primary N) is 1. The summed E-state index contributed by atoms with van der Waals surface area (Å²) in [6.07, 6.45) is 3.32. The number of hydrogen-bond acceptors (Lipinski definition) is 3. The number of fused-ring (bicyclic) bond motifs is 1. The minimum absolute atomic E-state index is 0.103. The molecule has 1 amide bonds. The minimum Gasteiger partial charge on any atom is -0.337 e. The average molecular weight is 299 g/mol. The maximum absolute atomic E-state index is 12.5. The van der Waals surface area contributed by atoms with Crippen molar-refractivity contribution in [2.75, 3.05) is 13.1 Å². The SMILES string of the molecule is Cc1csc(C(=O)N2C[C@H]3CCC(N)C[C@H]3C2)c1Cl. The highest BCUT2D eigenvalue weighted by molar-refractivity contribution is 7.13. The van der Waals surface area contributed by atoms with E-state index in [1.165, 1.54) is 11.3 Å². The van der Waals surface area contributed by atoms with Gasteiger partial charge in [-0.1, -0.05) is 11.6 Å². The molecule has 1 aromatic heterocycles. The maximum Gasteiger partial charge on any atom is 0.265 e. The first-order valence-corrected chi connectivity index (χ1v) is 8.10. The zero-order valence-electron chi connectivity index (χ0n) is 11.1. The van der Waals surface area contributed by atoms with Crippen molar-refractivity contribution >= 4 is 28.8 Å². The van der Waals surface area contributed by atoms with E-state index in [4.69, 9.17) is 17.3 Å². The fourth-order valence-corrected chi connectivity index (χ4v) is 4.59. The van der Waals surface area contributed by atoms with E-state index in [-0.39, 0.29) is 5.91 Å². The monoisotopic (exact) mass is 298 g/mol. The van der Waals surface area contributed by atoms with Gasteiger partial charge >= 0.3 is 0 Å². The van der Waals surface area contributed by atoms with Gasteiger partial charge in [-0.25, -0.2) is 0 Å². The van der Waals surface area contributed by atoms with Crippen LogP contribution in [0.3, 0.4) is 0 Å². The molecule has 0 spiro atoms. The molecule has 2 heterocycles. The van der Waals surface area contributed by atoms with Gasteiger partial charge in [-0.05, 0) is 49.0 Å². The average Bonchev–Trinajstić information content (AvgIpc) is 2.93. The second-order valence-corrected chi connectivity index (χ2v) is 7.12. The number of thiophene rings is 1. The van der Waals surface area contributed by atoms with E-state index in [1.807, 2.05) is 17.2 Å². The molecule has 1 unspecified atom stereocenters. The summed E-state index contributed by atoms with van der Waals surface area (Å²) in [6, 6.07) is 0.323. The lowest BCUT2D eigenvalue weighted by Gasteiger charge is -2.27. The predicted molar refractivity (Wildman–Crippen MR) is 78.8 cm³/mol. The van der Waals surface area contributed by atoms with Crippen LogP contribution < -0.4 is 5.73 Å². The quantitative estimate of drug-likeness (QED) is 0.866. The molecule has 2 aliphatic rings. The molecule has 1 aliphatic heterocycles. The number of aryl methyl sites for hydroxylation is 1. The lowest BCUT2D eigenvalue weighted by molar-refractivity contribution is 0.0789. The Morgan fingerprint density at radius 3 is 2.84 bits per heavy atom. The Morgan fingerprint density at radius 2 is 2.16 bits per heavy atom. The summed E-state index contributed by atoms with van der Waals surface area (Å²) in [5.41, 5.74) is 7.02. The number of amides is 1. The molecule has 1 saturated heterocycles. The van der Waals surface area contributed by atoms with E-state index in [0.717, 1.165) is 37.9 Å². The van der Waals surface area contributed by atoms with Crippen molar-refractivity contribution in [2.24, 2.45) is 17.6 Å². The fourth-order valence-electron chi connectivity index (χ4n) is 3.35. The van der Waals surface area contributed by atoms with Gasteiger partial charge in [0.2, 0.25) is 0 Å². The third-order valence-corrected chi connectivity index (χ3v) is 6.16. The Bertz CT molecular complexity index is 502. The molecule has 0 bridgehead atoms. The second-order valence-electron chi connectivity index (χ2n) is 5.87. The Labute approximate surface area is 122 Å². The maximum atomic E-state index is 12.5. The summed E-state index contributed by atoms with van der Waals surface area (Å²) >= 11 is 7.66. The van der Waals surface area contributed by atoms with Crippen LogP contribution in [0.1, 0.15) is 34.5 Å². The highest BCUT2D eigenvalue weighted by atomic mass is 35.5. The first-order valence-electron chi connectivity index (χ1n) is 6.84. The largest absolute Gasteiger partial charge is 0.337 e. The molecular formula is C14H19ClN2OS. The smallest absolute Gasteiger partial charge is 0.265 e. The molecule has 0 radical (unpaired) electrons. The van der Waals surface area contributed by atoms with Crippen molar-refractivity contribution in [1.29, 1.82) is 0 Å². The fraction of sp³-hybridized carbons (Fsp3) is 0.643. The number of halogens is 1. The summed E-state index contributed by atoms with van der Waals surface area (Å²) < 4.78 is 0. The van der Waals surface area contributed by atoms with Crippen LogP contribution in [0.15, 0.2) is 5.38 Å². The van der Waals surface area contributed by atoms with Crippen molar-refractivity contribution in [2.45, 2.75) is 32.2 Å². The lowest BCUT2D eigenvalue weighted by atomic mass is 9.79. The summed E-state index contributed by atoms with van der Waals surface area (Å²) in [4.78, 5) is 15.2. The molecule has 2 N–H and O–H groups in total. The van der Waals surface area contributed by atoms with Crippen LogP contribution in [-0.2, 0) is 0 Å². The predicted octanol–water partition coefficient (Wildman–Crippen LogP) is 2.91. The van der Waals surface area contributed by atoms with Crippen LogP contribution in [0.4, 0.5) is 0 Å². The van der Waals surface area contributed by atoms with Gasteiger partial charge in [0, 0.05) is 19.1 Å². The molecule has 3 atom stereocenters. The van der Waals surface area contributed by atoms with Gasteiger partial charge in [0.05, 0.1) is 5.02 Å². The first-order chi connectivity index (χ1) is 9.06. The normalized spacial score (nSPS) is 30.5. The number of carbonyl (C=O) groups is 1. The van der Waals surface area contributed by atoms with Gasteiger partial charge in [0.15, 0.2) is 0 Å². The van der Waals surface area contributed by atoms with Gasteiger partial charge in [-0.3, -0.25) is 4.79 Å². The molecular weight excluding hydrogens is 280 g/mol. The van der Waals surface area contributed by atoms with E-state index in [1.54, 1.807) is 0 Å². The lowest BCUT2D eigenvalue weighted by Crippen LogP contribution is -2.32. The molecule has 2 fully saturated rings. The number of carbonyl (C=O) groups excluding carboxylic acids is 1. The van der Waals surface area contributed by atoms with E-state index in [2.05, 4.69) is 0 Å². The summed E-state index contributed by atoms with van der Waals surface area (Å²) in [5.74, 6) is 1.34. The van der Waals surface area contributed by atoms with Crippen molar-refractivity contribution in [3.8, 4) is 0 Å². The Balaban J connectivity index is 1.74. The summed E-state index contributed by atoms with van der Waals surface area (Å²) in [5, 5.41) is 2.58. The van der Waals surface area contributed by atoms with Gasteiger partial charge in [0.1, 0.15) is 4.88 Å². The Hall–Kier alpha value is -0.580. The Kier molecular flexibility index (Phi) is 3.58. The zero-order valence-corrected chi connectivity index (χ0v) is 12.6. The molecule has 1 aliphatic carbocycles. The van der Waals surface area contributed by atoms with Crippen LogP contribution in [0.25, 0.3) is 0 Å². The molecule has 5 heteroatoms. The number of nitrogens with zero attached hydrogens (tertiary/aromatic N) is 1. The van der Waals surface area contributed by atoms with E-state index >= 15 is 0 Å². The van der Waals surface area contributed by atoms with Crippen molar-refractivity contribution in [3.05, 3.63) is 20.8 Å². The molecule has 1 aromatic rings. The molecule has 3 nitrogen and oxygen atoms in total. The van der Waals surface area contributed by atoms with Gasteiger partial charge < -0.3 is 10.6 Å². The number of likely N-dealkylation sites (tertiary alicyclic amines) is 1. The molecule has 1 saturated carbocycles. The molecule has 0 aromatic carbocycles. The van der Waals surface area contributed by atoms with E-state index < -0.39 is 0 Å². The molecule has 3 rings (SSSR count). The van der Waals surface area contributed by atoms with Gasteiger partial charge in [-0.15, -0.1) is 11.3 Å². The third kappa shape index (κ3) is 2.41. The molecule has 104 valence electrons. The van der Waals surface area contributed by atoms with Gasteiger partial charge in [-0.2, -0.15) is 0 Å². The van der Waals surface area contributed by atoms with Crippen molar-refractivity contribution in [3.63, 3.8) is 0 Å². The topological polar surface area (TPSA) is 46.3 Å². The van der Waals surface area contributed by atoms with Crippen LogP contribution in [0.2, 0.25) is 5.02 Å². The standard InChI is InChI=1S/C14H19ClN2OS/c1-8-7-19-13(12(8)15)14(18)17-5-9-2-3-11(16)4-10(9)6-17/h7,9-11H,2-6,16H2,1H3/t9-,10+,11?/m1/s1. The highest BCUT2D eigenvalue weighted by Gasteiger charge is 2.39. The number of rotatable bonds is 1. The zero-order chi connectivity index (χ0) is 13.6. The highest BCUT2D eigenvalue weighted by Crippen LogP contribution is 2.37. The van der Waals surface area contributed by atoms with E-state index in [0.29, 0.717) is 27.8 Å². The molecule has 19 heavy (non-hydrogen) atoms. The third-order valence-electron chi connectivity index (χ3n) is 4.47. The van der Waals surface area contributed by atoms with Crippen LogP contribution in [0, 0.1) is 18.8 Å². The van der Waals surface area contributed by atoms with Crippen LogP contribution in [0.5, 0.6) is 0 Å². The van der Waals surface area contributed by atoms with Crippen LogP contribution >= 0.6 is 22.9 Å². The Morgan fingerprint density at radius 1 is 1.42 bits per heavy atom. The second kappa shape index (κ2) is 5.08. The van der Waals surface area contributed by atoms with Crippen molar-refractivity contribution in [1.82, 2.24) is 4.90 Å². The van der Waals surface area contributed by atoms with Crippen LogP contribution in [-0.4, -0.2) is 29.9 Å². The first kappa shape index (κ1) is 13.4.